The zero-order chi connectivity index (χ0) is 12.8. The van der Waals surface area contributed by atoms with Crippen LogP contribution in [0.2, 0.25) is 0 Å². The van der Waals surface area contributed by atoms with Gasteiger partial charge in [0.2, 0.25) is 0 Å². The van der Waals surface area contributed by atoms with Crippen LogP contribution in [0.1, 0.15) is 43.1 Å². The number of rotatable bonds is 6. The third kappa shape index (κ3) is 3.45. The Morgan fingerprint density at radius 1 is 1.44 bits per heavy atom. The van der Waals surface area contributed by atoms with E-state index in [-0.39, 0.29) is 5.91 Å². The van der Waals surface area contributed by atoms with Crippen molar-refractivity contribution >= 4 is 11.7 Å². The first-order valence-electron chi connectivity index (χ1n) is 6.78. The maximum absolute atomic E-state index is 11.9. The van der Waals surface area contributed by atoms with Gasteiger partial charge in [-0.15, -0.1) is 0 Å². The highest BCUT2D eigenvalue weighted by atomic mass is 16.1. The topological polar surface area (TPSA) is 54.0 Å². The minimum atomic E-state index is -0.0675. The summed E-state index contributed by atoms with van der Waals surface area (Å²) in [7, 11) is 0. The van der Waals surface area contributed by atoms with Crippen LogP contribution < -0.4 is 10.6 Å². The molecule has 0 saturated heterocycles. The van der Waals surface area contributed by atoms with Gasteiger partial charge in [0.15, 0.2) is 0 Å². The third-order valence-corrected chi connectivity index (χ3v) is 3.31. The van der Waals surface area contributed by atoms with E-state index in [1.165, 1.54) is 19.3 Å². The zero-order valence-corrected chi connectivity index (χ0v) is 10.9. The molecule has 0 atom stereocenters. The monoisotopic (exact) mass is 247 g/mol. The van der Waals surface area contributed by atoms with E-state index in [9.17, 15) is 4.79 Å². The van der Waals surface area contributed by atoms with Gasteiger partial charge in [-0.3, -0.25) is 4.79 Å². The van der Waals surface area contributed by atoms with E-state index in [0.717, 1.165) is 25.3 Å². The molecule has 0 radical (unpaired) electrons. The number of carbonyl (C=O) groups is 1. The summed E-state index contributed by atoms with van der Waals surface area (Å²) in [6.07, 6.45) is 4.83. The van der Waals surface area contributed by atoms with Gasteiger partial charge in [0.1, 0.15) is 11.5 Å². The number of nitrogens with one attached hydrogen (secondary N) is 2. The fraction of sp³-hybridized carbons (Fsp3) is 0.571. The van der Waals surface area contributed by atoms with Crippen molar-refractivity contribution in [2.24, 2.45) is 5.92 Å². The van der Waals surface area contributed by atoms with E-state index in [1.807, 2.05) is 12.1 Å². The largest absolute Gasteiger partial charge is 0.370 e. The standard InChI is InChI=1S/C14H21N3O/c1-2-9-15-13-8-4-7-12(17-13)14(18)16-10-11-5-3-6-11/h4,7-8,11H,2-3,5-6,9-10H2,1H3,(H,15,17)(H,16,18). The van der Waals surface area contributed by atoms with Crippen LogP contribution in [0.25, 0.3) is 0 Å². The van der Waals surface area contributed by atoms with Crippen molar-refractivity contribution < 1.29 is 4.79 Å². The highest BCUT2D eigenvalue weighted by Gasteiger charge is 2.18. The number of nitrogens with zero attached hydrogens (tertiary/aromatic N) is 1. The molecule has 4 nitrogen and oxygen atoms in total. The van der Waals surface area contributed by atoms with Crippen LogP contribution in [-0.4, -0.2) is 24.0 Å². The molecule has 1 fully saturated rings. The Kier molecular flexibility index (Phi) is 4.56. The molecule has 1 aliphatic rings. The summed E-state index contributed by atoms with van der Waals surface area (Å²) < 4.78 is 0. The predicted molar refractivity (Wildman–Crippen MR) is 72.7 cm³/mol. The zero-order valence-electron chi connectivity index (χ0n) is 10.9. The van der Waals surface area contributed by atoms with E-state index in [1.54, 1.807) is 6.07 Å². The van der Waals surface area contributed by atoms with E-state index < -0.39 is 0 Å². The second-order valence-electron chi connectivity index (χ2n) is 4.84. The SMILES string of the molecule is CCCNc1cccc(C(=O)NCC2CCC2)n1. The van der Waals surface area contributed by atoms with Crippen molar-refractivity contribution in [1.29, 1.82) is 0 Å². The van der Waals surface area contributed by atoms with Gasteiger partial charge in [-0.2, -0.15) is 0 Å². The van der Waals surface area contributed by atoms with Crippen LogP contribution in [0.3, 0.4) is 0 Å². The van der Waals surface area contributed by atoms with E-state index >= 15 is 0 Å². The lowest BCUT2D eigenvalue weighted by Crippen LogP contribution is -2.32. The molecule has 2 rings (SSSR count). The summed E-state index contributed by atoms with van der Waals surface area (Å²) in [6, 6.07) is 5.51. The molecule has 0 aliphatic heterocycles. The smallest absolute Gasteiger partial charge is 0.269 e. The second-order valence-corrected chi connectivity index (χ2v) is 4.84. The summed E-state index contributed by atoms with van der Waals surface area (Å²) in [5.41, 5.74) is 0.496. The molecule has 18 heavy (non-hydrogen) atoms. The van der Waals surface area contributed by atoms with Crippen LogP contribution in [-0.2, 0) is 0 Å². The van der Waals surface area contributed by atoms with E-state index in [2.05, 4.69) is 22.5 Å². The van der Waals surface area contributed by atoms with Gasteiger partial charge < -0.3 is 10.6 Å². The molecule has 0 bridgehead atoms. The molecule has 0 unspecified atom stereocenters. The molecule has 1 saturated carbocycles. The van der Waals surface area contributed by atoms with Crippen molar-refractivity contribution in [2.75, 3.05) is 18.4 Å². The van der Waals surface area contributed by atoms with Crippen molar-refractivity contribution in [1.82, 2.24) is 10.3 Å². The quantitative estimate of drug-likeness (QED) is 0.811. The first kappa shape index (κ1) is 12.9. The Morgan fingerprint density at radius 3 is 2.94 bits per heavy atom. The van der Waals surface area contributed by atoms with Crippen molar-refractivity contribution in [2.45, 2.75) is 32.6 Å². The fourth-order valence-electron chi connectivity index (χ4n) is 1.94. The number of carbonyl (C=O) groups excluding carboxylic acids is 1. The minimum absolute atomic E-state index is 0.0675. The maximum Gasteiger partial charge on any atom is 0.269 e. The highest BCUT2D eigenvalue weighted by Crippen LogP contribution is 2.25. The Morgan fingerprint density at radius 2 is 2.28 bits per heavy atom. The normalized spacial score (nSPS) is 14.9. The molecule has 0 spiro atoms. The second kappa shape index (κ2) is 6.38. The summed E-state index contributed by atoms with van der Waals surface area (Å²) in [4.78, 5) is 16.2. The Hall–Kier alpha value is -1.58. The van der Waals surface area contributed by atoms with E-state index in [4.69, 9.17) is 0 Å². The number of aromatic nitrogens is 1. The van der Waals surface area contributed by atoms with Crippen molar-refractivity contribution in [3.8, 4) is 0 Å². The first-order valence-corrected chi connectivity index (χ1v) is 6.78. The molecular weight excluding hydrogens is 226 g/mol. The summed E-state index contributed by atoms with van der Waals surface area (Å²) in [5.74, 6) is 1.38. The average molecular weight is 247 g/mol. The number of hydrogen-bond donors (Lipinski definition) is 2. The average Bonchev–Trinajstić information content (AvgIpc) is 2.34. The third-order valence-electron chi connectivity index (χ3n) is 3.31. The van der Waals surface area contributed by atoms with Gasteiger partial charge in [0.25, 0.3) is 5.91 Å². The van der Waals surface area contributed by atoms with Gasteiger partial charge in [-0.05, 0) is 37.3 Å². The van der Waals surface area contributed by atoms with Crippen LogP contribution in [0, 0.1) is 5.92 Å². The molecule has 1 amide bonds. The van der Waals surface area contributed by atoms with Crippen LogP contribution in [0.4, 0.5) is 5.82 Å². The molecule has 1 aromatic rings. The minimum Gasteiger partial charge on any atom is -0.370 e. The molecule has 4 heteroatoms. The Bertz CT molecular complexity index is 402. The number of pyridine rings is 1. The van der Waals surface area contributed by atoms with Crippen LogP contribution >= 0.6 is 0 Å². The predicted octanol–water partition coefficient (Wildman–Crippen LogP) is 2.43. The van der Waals surface area contributed by atoms with Crippen molar-refractivity contribution in [3.63, 3.8) is 0 Å². The molecule has 2 N–H and O–H groups in total. The Labute approximate surface area is 108 Å². The lowest BCUT2D eigenvalue weighted by atomic mass is 9.85. The molecule has 98 valence electrons. The summed E-state index contributed by atoms with van der Waals surface area (Å²) in [6.45, 7) is 3.76. The van der Waals surface area contributed by atoms with Gasteiger partial charge in [0, 0.05) is 13.1 Å². The van der Waals surface area contributed by atoms with E-state index in [0.29, 0.717) is 11.6 Å². The fourth-order valence-corrected chi connectivity index (χ4v) is 1.94. The van der Waals surface area contributed by atoms with Crippen molar-refractivity contribution in [3.05, 3.63) is 23.9 Å². The maximum atomic E-state index is 11.9. The molecule has 1 aromatic heterocycles. The summed E-state index contributed by atoms with van der Waals surface area (Å²) >= 11 is 0. The Balaban J connectivity index is 1.87. The number of anilines is 1. The van der Waals surface area contributed by atoms with Crippen LogP contribution in [0.5, 0.6) is 0 Å². The molecular formula is C14H21N3O. The van der Waals surface area contributed by atoms with Gasteiger partial charge in [-0.1, -0.05) is 19.4 Å². The number of hydrogen-bond acceptors (Lipinski definition) is 3. The highest BCUT2D eigenvalue weighted by molar-refractivity contribution is 5.92. The number of amides is 1. The summed E-state index contributed by atoms with van der Waals surface area (Å²) in [5, 5.41) is 6.14. The lowest BCUT2D eigenvalue weighted by molar-refractivity contribution is 0.0934. The molecule has 1 heterocycles. The van der Waals surface area contributed by atoms with Gasteiger partial charge >= 0.3 is 0 Å². The first-order chi connectivity index (χ1) is 8.79. The molecule has 1 aliphatic carbocycles. The van der Waals surface area contributed by atoms with Crippen LogP contribution in [0.15, 0.2) is 18.2 Å². The lowest BCUT2D eigenvalue weighted by Gasteiger charge is -2.25. The van der Waals surface area contributed by atoms with Gasteiger partial charge in [-0.25, -0.2) is 4.98 Å². The molecule has 0 aromatic carbocycles. The van der Waals surface area contributed by atoms with Gasteiger partial charge in [0.05, 0.1) is 0 Å².